The van der Waals surface area contributed by atoms with Crippen molar-refractivity contribution in [1.82, 2.24) is 24.5 Å². The number of methoxy groups -OCH3 is 3. The van der Waals surface area contributed by atoms with E-state index in [2.05, 4.69) is 19.9 Å². The molecule has 1 atom stereocenters. The van der Waals surface area contributed by atoms with Crippen LogP contribution in [0.15, 0.2) is 23.3 Å². The SMILES string of the molecule is COc1ncc(-c2nccc3c2nc(C)c(=O)n3C[C@@H](OC)C2CC2)c(OC)n1. The number of hydrogen-bond acceptors (Lipinski definition) is 8. The molecule has 9 nitrogen and oxygen atoms in total. The molecule has 0 unspecified atom stereocenters. The van der Waals surface area contributed by atoms with Crippen molar-refractivity contribution in [3.05, 3.63) is 34.5 Å². The molecule has 0 bridgehead atoms. The molecule has 0 amide bonds. The maximum atomic E-state index is 12.9. The topological polar surface area (TPSA) is 101 Å². The van der Waals surface area contributed by atoms with Gasteiger partial charge in [0.05, 0.1) is 37.9 Å². The van der Waals surface area contributed by atoms with E-state index >= 15 is 0 Å². The maximum absolute atomic E-state index is 12.9. The zero-order valence-electron chi connectivity index (χ0n) is 16.9. The molecule has 9 heteroatoms. The quantitative estimate of drug-likeness (QED) is 0.597. The lowest BCUT2D eigenvalue weighted by atomic mass is 10.1. The number of aryl methyl sites for hydroxylation is 1. The lowest BCUT2D eigenvalue weighted by Crippen LogP contribution is -2.31. The van der Waals surface area contributed by atoms with Gasteiger partial charge in [-0.1, -0.05) is 0 Å². The second kappa shape index (κ2) is 7.75. The van der Waals surface area contributed by atoms with E-state index in [0.717, 1.165) is 12.8 Å². The fraction of sp³-hybridized carbons (Fsp3) is 0.450. The third-order valence-corrected chi connectivity index (χ3v) is 5.20. The molecule has 0 aromatic carbocycles. The van der Waals surface area contributed by atoms with E-state index in [9.17, 15) is 4.79 Å². The van der Waals surface area contributed by atoms with Crippen LogP contribution in [0.3, 0.4) is 0 Å². The van der Waals surface area contributed by atoms with Gasteiger partial charge in [-0.2, -0.15) is 4.98 Å². The van der Waals surface area contributed by atoms with Gasteiger partial charge in [0.1, 0.15) is 16.9 Å². The summed E-state index contributed by atoms with van der Waals surface area (Å²) in [5, 5.41) is 0. The van der Waals surface area contributed by atoms with Crippen LogP contribution in [-0.4, -0.2) is 51.9 Å². The van der Waals surface area contributed by atoms with Crippen LogP contribution in [0.2, 0.25) is 0 Å². The summed E-state index contributed by atoms with van der Waals surface area (Å²) in [4.78, 5) is 30.3. The monoisotopic (exact) mass is 397 g/mol. The largest absolute Gasteiger partial charge is 0.480 e. The average molecular weight is 397 g/mol. The Morgan fingerprint density at radius 2 is 1.97 bits per heavy atom. The lowest BCUT2D eigenvalue weighted by Gasteiger charge is -2.19. The molecule has 1 aliphatic rings. The summed E-state index contributed by atoms with van der Waals surface area (Å²) in [6.07, 6.45) is 5.48. The second-order valence-electron chi connectivity index (χ2n) is 7.03. The van der Waals surface area contributed by atoms with Crippen molar-refractivity contribution < 1.29 is 14.2 Å². The first-order valence-corrected chi connectivity index (χ1v) is 9.41. The smallest absolute Gasteiger partial charge is 0.319 e. The zero-order chi connectivity index (χ0) is 20.5. The van der Waals surface area contributed by atoms with Gasteiger partial charge in [0.25, 0.3) is 5.56 Å². The number of ether oxygens (including phenoxy) is 3. The highest BCUT2D eigenvalue weighted by Gasteiger charge is 2.32. The van der Waals surface area contributed by atoms with Crippen molar-refractivity contribution in [2.24, 2.45) is 5.92 Å². The molecular formula is C20H23N5O4. The van der Waals surface area contributed by atoms with Crippen LogP contribution in [0, 0.1) is 12.8 Å². The Morgan fingerprint density at radius 1 is 1.17 bits per heavy atom. The number of nitrogens with zero attached hydrogens (tertiary/aromatic N) is 5. The molecule has 0 radical (unpaired) electrons. The lowest BCUT2D eigenvalue weighted by molar-refractivity contribution is 0.0700. The molecule has 1 aliphatic carbocycles. The van der Waals surface area contributed by atoms with Crippen molar-refractivity contribution in [1.29, 1.82) is 0 Å². The Kier molecular flexibility index (Phi) is 5.14. The first-order valence-electron chi connectivity index (χ1n) is 9.41. The molecule has 0 N–H and O–H groups in total. The van der Waals surface area contributed by atoms with E-state index in [1.54, 1.807) is 37.1 Å². The van der Waals surface area contributed by atoms with Gasteiger partial charge in [-0.05, 0) is 31.7 Å². The summed E-state index contributed by atoms with van der Waals surface area (Å²) in [6, 6.07) is 1.99. The van der Waals surface area contributed by atoms with Gasteiger partial charge in [0.15, 0.2) is 0 Å². The predicted molar refractivity (Wildman–Crippen MR) is 106 cm³/mol. The van der Waals surface area contributed by atoms with E-state index in [4.69, 9.17) is 14.2 Å². The fourth-order valence-corrected chi connectivity index (χ4v) is 3.50. The number of rotatable bonds is 7. The first kappa shape index (κ1) is 19.3. The highest BCUT2D eigenvalue weighted by atomic mass is 16.5. The molecule has 1 saturated carbocycles. The molecule has 29 heavy (non-hydrogen) atoms. The van der Waals surface area contributed by atoms with Gasteiger partial charge >= 0.3 is 6.01 Å². The molecule has 152 valence electrons. The minimum atomic E-state index is -0.129. The molecule has 3 aromatic heterocycles. The van der Waals surface area contributed by atoms with Crippen LogP contribution in [0.25, 0.3) is 22.3 Å². The average Bonchev–Trinajstić information content (AvgIpc) is 3.59. The Balaban J connectivity index is 1.91. The van der Waals surface area contributed by atoms with E-state index in [0.29, 0.717) is 46.3 Å². The second-order valence-corrected chi connectivity index (χ2v) is 7.03. The van der Waals surface area contributed by atoms with Crippen molar-refractivity contribution in [3.8, 4) is 23.1 Å². The van der Waals surface area contributed by atoms with E-state index < -0.39 is 0 Å². The summed E-state index contributed by atoms with van der Waals surface area (Å²) in [5.74, 6) is 0.814. The Bertz CT molecular complexity index is 1110. The highest BCUT2D eigenvalue weighted by molar-refractivity contribution is 5.90. The maximum Gasteiger partial charge on any atom is 0.319 e. The number of hydrogen-bond donors (Lipinski definition) is 0. The Hall–Kier alpha value is -3.07. The van der Waals surface area contributed by atoms with Crippen LogP contribution >= 0.6 is 0 Å². The number of pyridine rings is 1. The van der Waals surface area contributed by atoms with Crippen molar-refractivity contribution in [2.75, 3.05) is 21.3 Å². The minimum Gasteiger partial charge on any atom is -0.480 e. The molecule has 1 fully saturated rings. The minimum absolute atomic E-state index is 0.00632. The molecule has 0 saturated heterocycles. The van der Waals surface area contributed by atoms with E-state index in [-0.39, 0.29) is 17.7 Å². The van der Waals surface area contributed by atoms with Gasteiger partial charge in [-0.3, -0.25) is 9.78 Å². The highest BCUT2D eigenvalue weighted by Crippen LogP contribution is 2.35. The van der Waals surface area contributed by atoms with Gasteiger partial charge in [0, 0.05) is 19.5 Å². The summed E-state index contributed by atoms with van der Waals surface area (Å²) >= 11 is 0. The predicted octanol–water partition coefficient (Wildman–Crippen LogP) is 2.00. The molecule has 0 aliphatic heterocycles. The normalized spacial score (nSPS) is 14.8. The zero-order valence-corrected chi connectivity index (χ0v) is 16.9. The molecule has 3 heterocycles. The van der Waals surface area contributed by atoms with Crippen molar-refractivity contribution in [2.45, 2.75) is 32.4 Å². The number of fused-ring (bicyclic) bond motifs is 1. The van der Waals surface area contributed by atoms with Gasteiger partial charge in [-0.15, -0.1) is 0 Å². The standard InChI is InChI=1S/C20H23N5O4/c1-11-19(26)25(10-15(27-2)12-5-6-12)14-7-8-21-16(17(14)23-11)13-9-22-20(29-4)24-18(13)28-3/h7-9,12,15H,5-6,10H2,1-4H3/t15-/m1/s1. The third kappa shape index (κ3) is 3.53. The first-order chi connectivity index (χ1) is 14.1. The molecule has 3 aromatic rings. The molecular weight excluding hydrogens is 374 g/mol. The molecule has 0 spiro atoms. The Morgan fingerprint density at radius 3 is 2.62 bits per heavy atom. The molecule has 4 rings (SSSR count). The van der Waals surface area contributed by atoms with Gasteiger partial charge < -0.3 is 18.8 Å². The van der Waals surface area contributed by atoms with E-state index in [1.165, 1.54) is 14.2 Å². The summed E-state index contributed by atoms with van der Waals surface area (Å²) in [6.45, 7) is 2.18. The summed E-state index contributed by atoms with van der Waals surface area (Å²) in [5.41, 5.74) is 2.65. The van der Waals surface area contributed by atoms with Crippen LogP contribution in [0.4, 0.5) is 0 Å². The third-order valence-electron chi connectivity index (χ3n) is 5.20. The van der Waals surface area contributed by atoms with E-state index in [1.807, 2.05) is 0 Å². The van der Waals surface area contributed by atoms with Crippen LogP contribution < -0.4 is 15.0 Å². The van der Waals surface area contributed by atoms with Crippen molar-refractivity contribution in [3.63, 3.8) is 0 Å². The fourth-order valence-electron chi connectivity index (χ4n) is 3.50. The summed E-state index contributed by atoms with van der Waals surface area (Å²) < 4.78 is 17.9. The number of aromatic nitrogens is 5. The van der Waals surface area contributed by atoms with Crippen LogP contribution in [0.5, 0.6) is 11.9 Å². The van der Waals surface area contributed by atoms with Crippen molar-refractivity contribution >= 4 is 11.0 Å². The van der Waals surface area contributed by atoms with Gasteiger partial charge in [0.2, 0.25) is 5.88 Å². The van der Waals surface area contributed by atoms with Crippen LogP contribution in [-0.2, 0) is 11.3 Å². The Labute approximate surface area is 167 Å². The van der Waals surface area contributed by atoms with Crippen LogP contribution in [0.1, 0.15) is 18.5 Å². The van der Waals surface area contributed by atoms with Gasteiger partial charge in [-0.25, -0.2) is 9.97 Å². The summed E-state index contributed by atoms with van der Waals surface area (Å²) in [7, 11) is 4.70.